The number of carbonyl (C=O) groups excluding carboxylic acids is 1. The van der Waals surface area contributed by atoms with Crippen molar-refractivity contribution < 1.29 is 9.53 Å². The molecule has 20 heavy (non-hydrogen) atoms. The van der Waals surface area contributed by atoms with Crippen LogP contribution in [0.2, 0.25) is 5.02 Å². The molecule has 2 rings (SSSR count). The molecule has 110 valence electrons. The van der Waals surface area contributed by atoms with Gasteiger partial charge in [-0.15, -0.1) is 0 Å². The van der Waals surface area contributed by atoms with Gasteiger partial charge in [-0.25, -0.2) is 0 Å². The molecule has 0 atom stereocenters. The van der Waals surface area contributed by atoms with Crippen LogP contribution in [0.3, 0.4) is 0 Å². The molecule has 1 amide bonds. The second-order valence-corrected chi connectivity index (χ2v) is 5.77. The number of nitrogens with two attached hydrogens (primary N) is 1. The molecule has 1 fully saturated rings. The molecule has 1 saturated carbocycles. The number of carbonyl (C=O) groups is 1. The van der Waals surface area contributed by atoms with E-state index in [4.69, 9.17) is 22.1 Å². The van der Waals surface area contributed by atoms with Crippen molar-refractivity contribution in [2.45, 2.75) is 37.8 Å². The molecule has 0 bridgehead atoms. The number of nitrogens with zero attached hydrogens (tertiary/aromatic N) is 1. The van der Waals surface area contributed by atoms with Crippen molar-refractivity contribution in [3.8, 4) is 5.75 Å². The van der Waals surface area contributed by atoms with E-state index < -0.39 is 0 Å². The third-order valence-electron chi connectivity index (χ3n) is 4.00. The van der Waals surface area contributed by atoms with Crippen LogP contribution in [0.5, 0.6) is 5.75 Å². The highest BCUT2D eigenvalue weighted by Crippen LogP contribution is 2.27. The lowest BCUT2D eigenvalue weighted by Gasteiger charge is -2.33. The molecule has 2 N–H and O–H groups in total. The number of halogens is 1. The fourth-order valence-corrected chi connectivity index (χ4v) is 2.86. The van der Waals surface area contributed by atoms with Crippen LogP contribution in [-0.2, 0) is 0 Å². The minimum absolute atomic E-state index is 0.0511. The summed E-state index contributed by atoms with van der Waals surface area (Å²) in [5, 5.41) is 0.535. The number of hydrogen-bond donors (Lipinski definition) is 1. The Labute approximate surface area is 124 Å². The van der Waals surface area contributed by atoms with E-state index in [2.05, 4.69) is 0 Å². The average molecular weight is 297 g/mol. The minimum atomic E-state index is -0.0511. The molecule has 1 aromatic carbocycles. The van der Waals surface area contributed by atoms with Crippen LogP contribution in [0.15, 0.2) is 18.2 Å². The summed E-state index contributed by atoms with van der Waals surface area (Å²) >= 11 is 5.98. The molecule has 0 aromatic heterocycles. The zero-order chi connectivity index (χ0) is 14.7. The summed E-state index contributed by atoms with van der Waals surface area (Å²) in [5.41, 5.74) is 6.42. The van der Waals surface area contributed by atoms with E-state index in [-0.39, 0.29) is 18.0 Å². The number of benzene rings is 1. The van der Waals surface area contributed by atoms with Gasteiger partial charge >= 0.3 is 0 Å². The maximum atomic E-state index is 12.6. The summed E-state index contributed by atoms with van der Waals surface area (Å²) in [7, 11) is 3.39. The summed E-state index contributed by atoms with van der Waals surface area (Å²) in [4.78, 5) is 14.4. The molecule has 1 aromatic rings. The number of methoxy groups -OCH3 is 1. The molecule has 5 heteroatoms. The first-order valence-corrected chi connectivity index (χ1v) is 7.27. The highest BCUT2D eigenvalue weighted by atomic mass is 35.5. The molecule has 1 aliphatic rings. The van der Waals surface area contributed by atoms with Crippen molar-refractivity contribution >= 4 is 17.5 Å². The lowest BCUT2D eigenvalue weighted by molar-refractivity contribution is 0.0686. The van der Waals surface area contributed by atoms with Gasteiger partial charge in [0.1, 0.15) is 5.75 Å². The molecule has 0 aliphatic heterocycles. The van der Waals surface area contributed by atoms with Gasteiger partial charge in [-0.1, -0.05) is 11.6 Å². The molecule has 0 radical (unpaired) electrons. The molecule has 4 nitrogen and oxygen atoms in total. The van der Waals surface area contributed by atoms with Crippen molar-refractivity contribution in [1.29, 1.82) is 0 Å². The largest absolute Gasteiger partial charge is 0.496 e. The molecule has 1 aliphatic carbocycles. The molecular formula is C15H21ClN2O2. The van der Waals surface area contributed by atoms with E-state index in [0.717, 1.165) is 25.7 Å². The van der Waals surface area contributed by atoms with Gasteiger partial charge in [-0.3, -0.25) is 4.79 Å². The monoisotopic (exact) mass is 296 g/mol. The fraction of sp³-hybridized carbons (Fsp3) is 0.533. The highest BCUT2D eigenvalue weighted by molar-refractivity contribution is 6.31. The van der Waals surface area contributed by atoms with Crippen molar-refractivity contribution in [3.63, 3.8) is 0 Å². The van der Waals surface area contributed by atoms with Crippen LogP contribution in [-0.4, -0.2) is 37.0 Å². The van der Waals surface area contributed by atoms with Gasteiger partial charge < -0.3 is 15.4 Å². The predicted octanol–water partition coefficient (Wildman–Crippen LogP) is 2.69. The van der Waals surface area contributed by atoms with Crippen molar-refractivity contribution in [2.24, 2.45) is 5.73 Å². The molecule has 0 heterocycles. The Hall–Kier alpha value is -1.26. The van der Waals surface area contributed by atoms with Gasteiger partial charge in [0.25, 0.3) is 5.91 Å². The Bertz CT molecular complexity index is 485. The van der Waals surface area contributed by atoms with Gasteiger partial charge in [0.15, 0.2) is 0 Å². The summed E-state index contributed by atoms with van der Waals surface area (Å²) in [5.74, 6) is 0.503. The summed E-state index contributed by atoms with van der Waals surface area (Å²) in [6, 6.07) is 5.62. The second kappa shape index (κ2) is 6.46. The van der Waals surface area contributed by atoms with Crippen molar-refractivity contribution in [1.82, 2.24) is 4.90 Å². The summed E-state index contributed by atoms with van der Waals surface area (Å²) in [6.07, 6.45) is 3.84. The third-order valence-corrected chi connectivity index (χ3v) is 4.24. The van der Waals surface area contributed by atoms with Gasteiger partial charge in [0, 0.05) is 24.2 Å². The third kappa shape index (κ3) is 3.25. The Morgan fingerprint density at radius 2 is 2.00 bits per heavy atom. The van der Waals surface area contributed by atoms with Crippen LogP contribution in [0, 0.1) is 0 Å². The highest BCUT2D eigenvalue weighted by Gasteiger charge is 2.27. The summed E-state index contributed by atoms with van der Waals surface area (Å²) < 4.78 is 5.25. The molecular weight excluding hydrogens is 276 g/mol. The summed E-state index contributed by atoms with van der Waals surface area (Å²) in [6.45, 7) is 0. The van der Waals surface area contributed by atoms with Gasteiger partial charge in [-0.2, -0.15) is 0 Å². The van der Waals surface area contributed by atoms with Gasteiger partial charge in [0.05, 0.1) is 12.7 Å². The minimum Gasteiger partial charge on any atom is -0.496 e. The van der Waals surface area contributed by atoms with Crippen LogP contribution in [0.25, 0.3) is 0 Å². The molecule has 0 saturated heterocycles. The predicted molar refractivity (Wildman–Crippen MR) is 80.3 cm³/mol. The smallest absolute Gasteiger partial charge is 0.257 e. The number of amides is 1. The van der Waals surface area contributed by atoms with E-state index >= 15 is 0 Å². The SMILES string of the molecule is COc1ccc(Cl)cc1C(=O)N(C)C1CCC(N)CC1. The molecule has 0 spiro atoms. The average Bonchev–Trinajstić information content (AvgIpc) is 2.46. The maximum absolute atomic E-state index is 12.6. The first-order chi connectivity index (χ1) is 9.52. The second-order valence-electron chi connectivity index (χ2n) is 5.33. The quantitative estimate of drug-likeness (QED) is 0.933. The van der Waals surface area contributed by atoms with E-state index in [9.17, 15) is 4.79 Å². The Morgan fingerprint density at radius 1 is 1.35 bits per heavy atom. The first kappa shape index (κ1) is 15.1. The Balaban J connectivity index is 2.16. The standard InChI is InChI=1S/C15H21ClN2O2/c1-18(12-6-4-11(17)5-7-12)15(19)13-9-10(16)3-8-14(13)20-2/h3,8-9,11-12H,4-7,17H2,1-2H3. The lowest BCUT2D eigenvalue weighted by Crippen LogP contribution is -2.41. The fourth-order valence-electron chi connectivity index (χ4n) is 2.69. The van der Waals surface area contributed by atoms with E-state index in [1.54, 1.807) is 30.2 Å². The zero-order valence-electron chi connectivity index (χ0n) is 11.9. The van der Waals surface area contributed by atoms with E-state index in [1.165, 1.54) is 0 Å². The maximum Gasteiger partial charge on any atom is 0.257 e. The lowest BCUT2D eigenvalue weighted by atomic mass is 9.90. The number of hydrogen-bond acceptors (Lipinski definition) is 3. The van der Waals surface area contributed by atoms with Crippen LogP contribution >= 0.6 is 11.6 Å². The molecule has 0 unspecified atom stereocenters. The zero-order valence-corrected chi connectivity index (χ0v) is 12.7. The van der Waals surface area contributed by atoms with Gasteiger partial charge in [-0.05, 0) is 43.9 Å². The van der Waals surface area contributed by atoms with Crippen molar-refractivity contribution in [2.75, 3.05) is 14.2 Å². The van der Waals surface area contributed by atoms with E-state index in [1.807, 2.05) is 7.05 Å². The van der Waals surface area contributed by atoms with E-state index in [0.29, 0.717) is 16.3 Å². The Morgan fingerprint density at radius 3 is 2.60 bits per heavy atom. The normalized spacial score (nSPS) is 22.4. The van der Waals surface area contributed by atoms with Crippen LogP contribution in [0.1, 0.15) is 36.0 Å². The van der Waals surface area contributed by atoms with Crippen LogP contribution < -0.4 is 10.5 Å². The van der Waals surface area contributed by atoms with Gasteiger partial charge in [0.2, 0.25) is 0 Å². The number of ether oxygens (including phenoxy) is 1. The van der Waals surface area contributed by atoms with Crippen molar-refractivity contribution in [3.05, 3.63) is 28.8 Å². The number of rotatable bonds is 3. The van der Waals surface area contributed by atoms with Crippen LogP contribution in [0.4, 0.5) is 0 Å². The topological polar surface area (TPSA) is 55.6 Å². The first-order valence-electron chi connectivity index (χ1n) is 6.89. The Kier molecular flexibility index (Phi) is 4.89.